The van der Waals surface area contributed by atoms with Crippen molar-refractivity contribution in [1.82, 2.24) is 15.4 Å². The van der Waals surface area contributed by atoms with Crippen LogP contribution in [0, 0.1) is 12.7 Å². The third-order valence-electron chi connectivity index (χ3n) is 3.82. The van der Waals surface area contributed by atoms with Gasteiger partial charge in [0, 0.05) is 25.1 Å². The first-order chi connectivity index (χ1) is 10.5. The molecule has 1 aliphatic rings. The van der Waals surface area contributed by atoms with Gasteiger partial charge in [0.15, 0.2) is 0 Å². The Bertz CT molecular complexity index is 668. The summed E-state index contributed by atoms with van der Waals surface area (Å²) in [6, 6.07) is 8.22. The van der Waals surface area contributed by atoms with Gasteiger partial charge in [0.1, 0.15) is 17.3 Å². The number of benzene rings is 1. The maximum atomic E-state index is 12.9. The molecular weight excluding hydrogens is 285 g/mol. The van der Waals surface area contributed by atoms with E-state index in [1.807, 2.05) is 13.0 Å². The average Bonchev–Trinajstić information content (AvgIpc) is 3.13. The molecule has 0 unspecified atom stereocenters. The number of aryl methyl sites for hydroxylation is 1. The van der Waals surface area contributed by atoms with E-state index in [0.29, 0.717) is 6.54 Å². The second kappa shape index (κ2) is 5.79. The van der Waals surface area contributed by atoms with E-state index in [4.69, 9.17) is 4.52 Å². The van der Waals surface area contributed by atoms with Gasteiger partial charge in [-0.1, -0.05) is 17.3 Å². The molecule has 2 atom stereocenters. The second-order valence-corrected chi connectivity index (χ2v) is 5.73. The zero-order chi connectivity index (χ0) is 15.7. The molecule has 2 aromatic rings. The van der Waals surface area contributed by atoms with Crippen LogP contribution in [0.1, 0.15) is 29.4 Å². The van der Waals surface area contributed by atoms with Crippen molar-refractivity contribution in [2.75, 3.05) is 7.05 Å². The first-order valence-corrected chi connectivity index (χ1v) is 7.22. The van der Waals surface area contributed by atoms with Gasteiger partial charge in [0.05, 0.1) is 6.54 Å². The molecule has 1 saturated carbocycles. The van der Waals surface area contributed by atoms with Crippen LogP contribution in [0.15, 0.2) is 34.9 Å². The Kier molecular flexibility index (Phi) is 3.83. The van der Waals surface area contributed by atoms with Crippen LogP contribution in [0.3, 0.4) is 0 Å². The highest BCUT2D eigenvalue weighted by molar-refractivity contribution is 5.74. The van der Waals surface area contributed by atoms with E-state index < -0.39 is 0 Å². The highest BCUT2D eigenvalue weighted by Gasteiger charge is 2.39. The third kappa shape index (κ3) is 3.27. The molecule has 2 amide bonds. The van der Waals surface area contributed by atoms with Gasteiger partial charge >= 0.3 is 6.03 Å². The predicted molar refractivity (Wildman–Crippen MR) is 78.8 cm³/mol. The molecule has 0 aliphatic heterocycles. The molecule has 0 spiro atoms. The highest BCUT2D eigenvalue weighted by Crippen LogP contribution is 2.40. The van der Waals surface area contributed by atoms with Gasteiger partial charge in [-0.15, -0.1) is 0 Å². The Morgan fingerprint density at radius 1 is 1.45 bits per heavy atom. The van der Waals surface area contributed by atoms with E-state index in [1.165, 1.54) is 12.1 Å². The lowest BCUT2D eigenvalue weighted by molar-refractivity contribution is 0.205. The van der Waals surface area contributed by atoms with Crippen molar-refractivity contribution < 1.29 is 13.7 Å². The maximum absolute atomic E-state index is 12.9. The lowest BCUT2D eigenvalue weighted by Gasteiger charge is -2.16. The number of carbonyl (C=O) groups excluding carboxylic acids is 1. The van der Waals surface area contributed by atoms with Gasteiger partial charge in [-0.3, -0.25) is 0 Å². The first-order valence-electron chi connectivity index (χ1n) is 7.22. The molecule has 3 rings (SSSR count). The van der Waals surface area contributed by atoms with Crippen LogP contribution in [0.2, 0.25) is 0 Å². The van der Waals surface area contributed by atoms with Crippen LogP contribution in [-0.2, 0) is 6.54 Å². The normalized spacial score (nSPS) is 19.8. The maximum Gasteiger partial charge on any atom is 0.317 e. The van der Waals surface area contributed by atoms with Crippen LogP contribution < -0.4 is 5.32 Å². The number of nitrogens with one attached hydrogen (secondary N) is 1. The summed E-state index contributed by atoms with van der Waals surface area (Å²) in [6.45, 7) is 2.21. The first kappa shape index (κ1) is 14.6. The number of halogens is 1. The second-order valence-electron chi connectivity index (χ2n) is 5.73. The fourth-order valence-corrected chi connectivity index (χ4v) is 2.51. The van der Waals surface area contributed by atoms with Crippen molar-refractivity contribution in [2.45, 2.75) is 31.8 Å². The summed E-state index contributed by atoms with van der Waals surface area (Å²) in [6.07, 6.45) is 0.883. The van der Waals surface area contributed by atoms with Crippen molar-refractivity contribution in [3.8, 4) is 0 Å². The van der Waals surface area contributed by atoms with Crippen LogP contribution in [0.25, 0.3) is 0 Å². The molecule has 0 bridgehead atoms. The smallest absolute Gasteiger partial charge is 0.317 e. The monoisotopic (exact) mass is 303 g/mol. The Balaban J connectivity index is 1.51. The molecule has 1 fully saturated rings. The number of nitrogens with zero attached hydrogens (tertiary/aromatic N) is 2. The molecule has 1 aromatic heterocycles. The lowest BCUT2D eigenvalue weighted by atomic mass is 10.1. The molecule has 1 heterocycles. The summed E-state index contributed by atoms with van der Waals surface area (Å²) >= 11 is 0. The SMILES string of the molecule is Cc1cc(CN(C)C(=O)N[C@@H]2C[C@@H]2c2ccc(F)cc2)no1. The van der Waals surface area contributed by atoms with Crippen LogP contribution in [-0.4, -0.2) is 29.2 Å². The summed E-state index contributed by atoms with van der Waals surface area (Å²) in [5, 5.41) is 6.85. The van der Waals surface area contributed by atoms with Crippen molar-refractivity contribution in [2.24, 2.45) is 0 Å². The fourth-order valence-electron chi connectivity index (χ4n) is 2.51. The predicted octanol–water partition coefficient (Wildman–Crippen LogP) is 2.82. The van der Waals surface area contributed by atoms with E-state index in [-0.39, 0.29) is 23.8 Å². The summed E-state index contributed by atoms with van der Waals surface area (Å²) in [5.41, 5.74) is 1.78. The Morgan fingerprint density at radius 2 is 2.18 bits per heavy atom. The minimum atomic E-state index is -0.243. The van der Waals surface area contributed by atoms with Gasteiger partial charge in [-0.05, 0) is 31.0 Å². The van der Waals surface area contributed by atoms with Crippen molar-refractivity contribution in [3.63, 3.8) is 0 Å². The summed E-state index contributed by atoms with van der Waals surface area (Å²) in [7, 11) is 1.72. The van der Waals surface area contributed by atoms with Gasteiger partial charge in [-0.25, -0.2) is 9.18 Å². The highest BCUT2D eigenvalue weighted by atomic mass is 19.1. The van der Waals surface area contributed by atoms with E-state index in [2.05, 4.69) is 10.5 Å². The number of rotatable bonds is 4. The lowest BCUT2D eigenvalue weighted by Crippen LogP contribution is -2.38. The van der Waals surface area contributed by atoms with Gasteiger partial charge in [-0.2, -0.15) is 0 Å². The average molecular weight is 303 g/mol. The van der Waals surface area contributed by atoms with Gasteiger partial charge in [0.25, 0.3) is 0 Å². The largest absolute Gasteiger partial charge is 0.361 e. The number of carbonyl (C=O) groups is 1. The molecule has 0 radical (unpaired) electrons. The Labute approximate surface area is 128 Å². The zero-order valence-electron chi connectivity index (χ0n) is 12.5. The third-order valence-corrected chi connectivity index (χ3v) is 3.82. The van der Waals surface area contributed by atoms with Crippen molar-refractivity contribution in [3.05, 3.63) is 53.2 Å². The topological polar surface area (TPSA) is 58.4 Å². The number of urea groups is 1. The molecule has 1 N–H and O–H groups in total. The molecule has 6 heteroatoms. The molecule has 1 aromatic carbocycles. The van der Waals surface area contributed by atoms with E-state index >= 15 is 0 Å². The molecule has 22 heavy (non-hydrogen) atoms. The minimum Gasteiger partial charge on any atom is -0.361 e. The van der Waals surface area contributed by atoms with Crippen LogP contribution >= 0.6 is 0 Å². The summed E-state index contributed by atoms with van der Waals surface area (Å²) < 4.78 is 17.9. The Morgan fingerprint density at radius 3 is 2.82 bits per heavy atom. The molecule has 0 saturated heterocycles. The summed E-state index contributed by atoms with van der Waals surface area (Å²) in [4.78, 5) is 13.7. The molecule has 1 aliphatic carbocycles. The Hall–Kier alpha value is -2.37. The number of amides is 2. The fraction of sp³-hybridized carbons (Fsp3) is 0.375. The molecule has 5 nitrogen and oxygen atoms in total. The number of hydrogen-bond donors (Lipinski definition) is 1. The minimum absolute atomic E-state index is 0.111. The standard InChI is InChI=1S/C16H18FN3O2/c1-10-7-13(19-22-10)9-20(2)16(21)18-15-8-14(15)11-3-5-12(17)6-4-11/h3-7,14-15H,8-9H2,1-2H3,(H,18,21)/t14-,15-/m1/s1. The number of aromatic nitrogens is 1. The van der Waals surface area contributed by atoms with Crippen molar-refractivity contribution in [1.29, 1.82) is 0 Å². The number of hydrogen-bond acceptors (Lipinski definition) is 3. The van der Waals surface area contributed by atoms with E-state index in [0.717, 1.165) is 23.4 Å². The van der Waals surface area contributed by atoms with Crippen LogP contribution in [0.4, 0.5) is 9.18 Å². The van der Waals surface area contributed by atoms with E-state index in [1.54, 1.807) is 24.1 Å². The quantitative estimate of drug-likeness (QED) is 0.945. The van der Waals surface area contributed by atoms with Crippen molar-refractivity contribution >= 4 is 6.03 Å². The molecular formula is C16H18FN3O2. The van der Waals surface area contributed by atoms with Gasteiger partial charge < -0.3 is 14.7 Å². The van der Waals surface area contributed by atoms with Crippen LogP contribution in [0.5, 0.6) is 0 Å². The summed E-state index contributed by atoms with van der Waals surface area (Å²) in [5.74, 6) is 0.752. The zero-order valence-corrected chi connectivity index (χ0v) is 12.5. The van der Waals surface area contributed by atoms with Gasteiger partial charge in [0.2, 0.25) is 0 Å². The molecule has 116 valence electrons. The van der Waals surface area contributed by atoms with E-state index in [9.17, 15) is 9.18 Å².